The molecule has 0 amide bonds. The molecule has 0 bridgehead atoms. The summed E-state index contributed by atoms with van der Waals surface area (Å²) < 4.78 is 5.79. The Balaban J connectivity index is 2.72. The number of hydrogen-bond acceptors (Lipinski definition) is 3. The molecule has 0 heterocycles. The largest absolute Gasteiger partial charge is 0.456 e. The van der Waals surface area contributed by atoms with E-state index in [-0.39, 0.29) is 11.6 Å². The Morgan fingerprint density at radius 1 is 1.10 bits per heavy atom. The lowest BCUT2D eigenvalue weighted by Gasteiger charge is -2.29. The zero-order valence-electron chi connectivity index (χ0n) is 12.9. The number of nitrogen functional groups attached to an aromatic ring is 1. The van der Waals surface area contributed by atoms with Crippen LogP contribution in [-0.2, 0) is 4.74 Å². The van der Waals surface area contributed by atoms with Crippen molar-refractivity contribution in [3.8, 4) is 0 Å². The first-order chi connectivity index (χ1) is 9.50. The number of ether oxygens (including phenoxy) is 1. The van der Waals surface area contributed by atoms with Crippen LogP contribution in [0.1, 0.15) is 69.7 Å². The van der Waals surface area contributed by atoms with Crippen LogP contribution in [-0.4, -0.2) is 11.6 Å². The molecule has 0 unspecified atom stereocenters. The van der Waals surface area contributed by atoms with Gasteiger partial charge in [0.15, 0.2) is 0 Å². The lowest BCUT2D eigenvalue weighted by atomic mass is 9.92. The van der Waals surface area contributed by atoms with E-state index >= 15 is 0 Å². The van der Waals surface area contributed by atoms with Gasteiger partial charge in [0.2, 0.25) is 0 Å². The number of benzene rings is 1. The Morgan fingerprint density at radius 2 is 1.60 bits per heavy atom. The Kier molecular flexibility index (Phi) is 6.56. The average molecular weight is 277 g/mol. The zero-order valence-corrected chi connectivity index (χ0v) is 12.9. The summed E-state index contributed by atoms with van der Waals surface area (Å²) in [5.41, 5.74) is 6.50. The molecule has 0 aromatic heterocycles. The van der Waals surface area contributed by atoms with Crippen molar-refractivity contribution in [2.45, 2.75) is 64.9 Å². The van der Waals surface area contributed by atoms with Crippen LogP contribution in [0, 0.1) is 0 Å². The Hall–Kier alpha value is -1.51. The highest BCUT2D eigenvalue weighted by molar-refractivity contribution is 5.90. The number of carbonyl (C=O) groups is 1. The highest BCUT2D eigenvalue weighted by Gasteiger charge is 2.28. The van der Waals surface area contributed by atoms with Crippen LogP contribution < -0.4 is 5.73 Å². The second-order valence-electron chi connectivity index (χ2n) is 5.67. The van der Waals surface area contributed by atoms with Gasteiger partial charge < -0.3 is 10.5 Å². The van der Waals surface area contributed by atoms with Gasteiger partial charge in [0.1, 0.15) is 5.60 Å². The maximum absolute atomic E-state index is 12.2. The summed E-state index contributed by atoms with van der Waals surface area (Å²) in [6.45, 7) is 6.36. The van der Waals surface area contributed by atoms with Crippen LogP contribution in [0.2, 0.25) is 0 Å². The van der Waals surface area contributed by atoms with Crippen molar-refractivity contribution < 1.29 is 9.53 Å². The molecule has 2 N–H and O–H groups in total. The van der Waals surface area contributed by atoms with Gasteiger partial charge in [0.25, 0.3) is 0 Å². The fourth-order valence-corrected chi connectivity index (χ4v) is 2.23. The van der Waals surface area contributed by atoms with Gasteiger partial charge >= 0.3 is 5.97 Å². The molecule has 0 aliphatic rings. The molecule has 0 saturated carbocycles. The minimum atomic E-state index is -0.357. The summed E-state index contributed by atoms with van der Waals surface area (Å²) in [5.74, 6) is -0.250. The number of carbonyl (C=O) groups excluding carboxylic acids is 1. The number of rotatable bonds is 8. The fraction of sp³-hybridized carbons (Fsp3) is 0.588. The summed E-state index contributed by atoms with van der Waals surface area (Å²) >= 11 is 0. The summed E-state index contributed by atoms with van der Waals surface area (Å²) in [6.07, 6.45) is 6.22. The molecule has 0 saturated heterocycles. The van der Waals surface area contributed by atoms with E-state index in [1.165, 1.54) is 0 Å². The molecule has 3 heteroatoms. The summed E-state index contributed by atoms with van der Waals surface area (Å²) in [7, 11) is 0. The molecule has 0 aliphatic carbocycles. The maximum Gasteiger partial charge on any atom is 0.338 e. The van der Waals surface area contributed by atoms with Crippen LogP contribution in [0.15, 0.2) is 24.3 Å². The molecule has 1 aromatic carbocycles. The molecule has 3 nitrogen and oxygen atoms in total. The first-order valence-corrected chi connectivity index (χ1v) is 7.59. The maximum atomic E-state index is 12.2. The summed E-state index contributed by atoms with van der Waals surface area (Å²) in [6, 6.07) is 6.90. The van der Waals surface area contributed by atoms with Crippen molar-refractivity contribution in [1.82, 2.24) is 0 Å². The van der Waals surface area contributed by atoms with Gasteiger partial charge in [-0.15, -0.1) is 0 Å². The molecule has 0 spiro atoms. The quantitative estimate of drug-likeness (QED) is 0.559. The van der Waals surface area contributed by atoms with Crippen LogP contribution >= 0.6 is 0 Å². The number of hydrogen-bond donors (Lipinski definition) is 1. The van der Waals surface area contributed by atoms with E-state index in [4.69, 9.17) is 10.5 Å². The number of esters is 1. The van der Waals surface area contributed by atoms with E-state index in [1.807, 2.05) is 6.92 Å². The SMILES string of the molecule is CCCCC(C)(CCCC)OC(=O)c1ccc(N)cc1. The molecule has 1 rings (SSSR count). The summed E-state index contributed by atoms with van der Waals surface area (Å²) in [5, 5.41) is 0. The minimum absolute atomic E-state index is 0.250. The molecular weight excluding hydrogens is 250 g/mol. The Labute approximate surface area is 122 Å². The van der Waals surface area contributed by atoms with Crippen molar-refractivity contribution in [1.29, 1.82) is 0 Å². The molecular formula is C17H27NO2. The number of nitrogens with two attached hydrogens (primary N) is 1. The Bertz CT molecular complexity index is 404. The second kappa shape index (κ2) is 7.93. The van der Waals surface area contributed by atoms with Crippen molar-refractivity contribution in [3.05, 3.63) is 29.8 Å². The van der Waals surface area contributed by atoms with Crippen molar-refractivity contribution in [2.75, 3.05) is 5.73 Å². The zero-order chi connectivity index (χ0) is 15.0. The summed E-state index contributed by atoms with van der Waals surface area (Å²) in [4.78, 5) is 12.2. The monoisotopic (exact) mass is 277 g/mol. The third-order valence-electron chi connectivity index (χ3n) is 3.60. The van der Waals surface area contributed by atoms with Gasteiger partial charge in [-0.3, -0.25) is 0 Å². The van der Waals surface area contributed by atoms with Crippen molar-refractivity contribution in [2.24, 2.45) is 0 Å². The molecule has 0 fully saturated rings. The molecule has 1 aromatic rings. The van der Waals surface area contributed by atoms with Crippen molar-refractivity contribution >= 4 is 11.7 Å². The molecule has 0 radical (unpaired) electrons. The third-order valence-corrected chi connectivity index (χ3v) is 3.60. The first-order valence-electron chi connectivity index (χ1n) is 7.59. The molecule has 20 heavy (non-hydrogen) atoms. The predicted molar refractivity (Wildman–Crippen MR) is 83.7 cm³/mol. The van der Waals surface area contributed by atoms with E-state index in [2.05, 4.69) is 13.8 Å². The lowest BCUT2D eigenvalue weighted by Crippen LogP contribution is -2.31. The van der Waals surface area contributed by atoms with Gasteiger partial charge in [-0.05, 0) is 56.9 Å². The smallest absolute Gasteiger partial charge is 0.338 e. The third kappa shape index (κ3) is 5.24. The average Bonchev–Trinajstić information content (AvgIpc) is 2.44. The lowest BCUT2D eigenvalue weighted by molar-refractivity contribution is -0.0195. The second-order valence-corrected chi connectivity index (χ2v) is 5.67. The van der Waals surface area contributed by atoms with Gasteiger partial charge in [0.05, 0.1) is 5.56 Å². The van der Waals surface area contributed by atoms with Crippen LogP contribution in [0.4, 0.5) is 5.69 Å². The van der Waals surface area contributed by atoms with Gasteiger partial charge in [-0.2, -0.15) is 0 Å². The van der Waals surface area contributed by atoms with Crippen LogP contribution in [0.3, 0.4) is 0 Å². The molecule has 112 valence electrons. The van der Waals surface area contributed by atoms with E-state index in [9.17, 15) is 4.79 Å². The molecule has 0 aliphatic heterocycles. The van der Waals surface area contributed by atoms with E-state index in [1.54, 1.807) is 24.3 Å². The van der Waals surface area contributed by atoms with Crippen molar-refractivity contribution in [3.63, 3.8) is 0 Å². The normalized spacial score (nSPS) is 11.3. The van der Waals surface area contributed by atoms with E-state index in [0.717, 1.165) is 38.5 Å². The minimum Gasteiger partial charge on any atom is -0.456 e. The number of anilines is 1. The van der Waals surface area contributed by atoms with Gasteiger partial charge in [0, 0.05) is 5.69 Å². The fourth-order valence-electron chi connectivity index (χ4n) is 2.23. The standard InChI is InChI=1S/C17H27NO2/c1-4-6-12-17(3,13-7-5-2)20-16(19)14-8-10-15(18)11-9-14/h8-11H,4-7,12-13,18H2,1-3H3. The molecule has 0 atom stereocenters. The highest BCUT2D eigenvalue weighted by atomic mass is 16.6. The van der Waals surface area contributed by atoms with Crippen LogP contribution in [0.25, 0.3) is 0 Å². The topological polar surface area (TPSA) is 52.3 Å². The number of unbranched alkanes of at least 4 members (excludes halogenated alkanes) is 2. The van der Waals surface area contributed by atoms with E-state index < -0.39 is 0 Å². The first kappa shape index (κ1) is 16.5. The van der Waals surface area contributed by atoms with Gasteiger partial charge in [-0.1, -0.05) is 26.7 Å². The van der Waals surface area contributed by atoms with Crippen LogP contribution in [0.5, 0.6) is 0 Å². The van der Waals surface area contributed by atoms with Gasteiger partial charge in [-0.25, -0.2) is 4.79 Å². The van der Waals surface area contributed by atoms with E-state index in [0.29, 0.717) is 11.3 Å². The highest BCUT2D eigenvalue weighted by Crippen LogP contribution is 2.27. The predicted octanol–water partition coefficient (Wildman–Crippen LogP) is 4.56. The Morgan fingerprint density at radius 3 is 2.05 bits per heavy atom.